The Bertz CT molecular complexity index is 1290. The Morgan fingerprint density at radius 3 is 2.40 bits per heavy atom. The number of piperazine rings is 1. The van der Waals surface area contributed by atoms with E-state index in [4.69, 9.17) is 18.9 Å². The van der Waals surface area contributed by atoms with Crippen LogP contribution in [0.2, 0.25) is 0 Å². The predicted molar refractivity (Wildman–Crippen MR) is 164 cm³/mol. The van der Waals surface area contributed by atoms with E-state index in [0.29, 0.717) is 32.2 Å². The molecular formula is C34H43N3O5. The summed E-state index contributed by atoms with van der Waals surface area (Å²) in [6, 6.07) is 24.6. The third-order valence-corrected chi connectivity index (χ3v) is 8.21. The Hall–Kier alpha value is -3.91. The number of ether oxygens (including phenoxy) is 4. The topological polar surface area (TPSA) is 63.7 Å². The van der Waals surface area contributed by atoms with Gasteiger partial charge in [0.25, 0.3) is 0 Å². The van der Waals surface area contributed by atoms with Crippen LogP contribution >= 0.6 is 0 Å². The van der Waals surface area contributed by atoms with Gasteiger partial charge in [-0.2, -0.15) is 0 Å². The quantitative estimate of drug-likeness (QED) is 0.302. The van der Waals surface area contributed by atoms with Crippen LogP contribution in [0.3, 0.4) is 0 Å². The van der Waals surface area contributed by atoms with E-state index in [0.717, 1.165) is 67.5 Å². The number of rotatable bonds is 10. The van der Waals surface area contributed by atoms with Crippen LogP contribution in [0, 0.1) is 5.92 Å². The van der Waals surface area contributed by atoms with Gasteiger partial charge in [0.05, 0.1) is 20.8 Å². The summed E-state index contributed by atoms with van der Waals surface area (Å²) >= 11 is 0. The highest BCUT2D eigenvalue weighted by atomic mass is 16.6. The van der Waals surface area contributed by atoms with Crippen molar-refractivity contribution >= 4 is 11.8 Å². The molecule has 0 radical (unpaired) electrons. The fourth-order valence-corrected chi connectivity index (χ4v) is 5.92. The summed E-state index contributed by atoms with van der Waals surface area (Å²) in [7, 11) is 3.34. The molecule has 8 nitrogen and oxygen atoms in total. The SMILES string of the molecule is COc1ccc(N2CCN(C(=O)OCC3CCCN(Cc4ccc(OC)c(OCc5ccccc5)c4)C3)CC2C)cc1. The number of likely N-dealkylation sites (tertiary alicyclic amines) is 1. The number of carbonyl (C=O) groups excluding carboxylic acids is 1. The van der Waals surface area contributed by atoms with Gasteiger partial charge in [-0.15, -0.1) is 0 Å². The maximum absolute atomic E-state index is 13.0. The fraction of sp³-hybridized carbons (Fsp3) is 0.441. The summed E-state index contributed by atoms with van der Waals surface area (Å²) in [5.41, 5.74) is 3.44. The summed E-state index contributed by atoms with van der Waals surface area (Å²) in [5.74, 6) is 2.66. The van der Waals surface area contributed by atoms with Crippen molar-refractivity contribution in [1.29, 1.82) is 0 Å². The molecule has 42 heavy (non-hydrogen) atoms. The molecule has 224 valence electrons. The molecule has 2 atom stereocenters. The number of nitrogens with zero attached hydrogens (tertiary/aromatic N) is 3. The van der Waals surface area contributed by atoms with Crippen LogP contribution in [-0.2, 0) is 17.9 Å². The Morgan fingerprint density at radius 1 is 0.857 bits per heavy atom. The smallest absolute Gasteiger partial charge is 0.409 e. The molecule has 0 aromatic heterocycles. The molecule has 2 saturated heterocycles. The molecular weight excluding hydrogens is 530 g/mol. The van der Waals surface area contributed by atoms with E-state index in [1.807, 2.05) is 41.3 Å². The van der Waals surface area contributed by atoms with Gasteiger partial charge in [0.15, 0.2) is 11.5 Å². The number of piperidine rings is 1. The minimum atomic E-state index is -0.205. The zero-order valence-corrected chi connectivity index (χ0v) is 25.0. The van der Waals surface area contributed by atoms with E-state index >= 15 is 0 Å². The summed E-state index contributed by atoms with van der Waals surface area (Å²) in [5, 5.41) is 0. The van der Waals surface area contributed by atoms with Gasteiger partial charge in [-0.25, -0.2) is 4.79 Å². The average Bonchev–Trinajstić information content (AvgIpc) is 3.03. The summed E-state index contributed by atoms with van der Waals surface area (Å²) < 4.78 is 22.8. The van der Waals surface area contributed by atoms with Crippen molar-refractivity contribution in [2.24, 2.45) is 5.92 Å². The van der Waals surface area contributed by atoms with Crippen LogP contribution < -0.4 is 19.1 Å². The molecule has 0 bridgehead atoms. The monoisotopic (exact) mass is 573 g/mol. The number of benzene rings is 3. The normalized spacial score (nSPS) is 19.3. The summed E-state index contributed by atoms with van der Waals surface area (Å²) in [6.45, 7) is 7.93. The van der Waals surface area contributed by atoms with Gasteiger partial charge < -0.3 is 28.7 Å². The van der Waals surface area contributed by atoms with Crippen LogP contribution in [0.5, 0.6) is 17.2 Å². The number of amides is 1. The lowest BCUT2D eigenvalue weighted by Gasteiger charge is -2.41. The molecule has 0 spiro atoms. The van der Waals surface area contributed by atoms with Gasteiger partial charge in [0.1, 0.15) is 12.4 Å². The van der Waals surface area contributed by atoms with E-state index in [-0.39, 0.29) is 12.1 Å². The maximum atomic E-state index is 13.0. The summed E-state index contributed by atoms with van der Waals surface area (Å²) in [4.78, 5) is 19.6. The molecule has 5 rings (SSSR count). The largest absolute Gasteiger partial charge is 0.497 e. The lowest BCUT2D eigenvalue weighted by Crippen LogP contribution is -2.54. The average molecular weight is 574 g/mol. The molecule has 3 aromatic carbocycles. The highest BCUT2D eigenvalue weighted by Gasteiger charge is 2.29. The fourth-order valence-electron chi connectivity index (χ4n) is 5.92. The second-order valence-corrected chi connectivity index (χ2v) is 11.3. The summed E-state index contributed by atoms with van der Waals surface area (Å²) in [6.07, 6.45) is 1.95. The van der Waals surface area contributed by atoms with E-state index < -0.39 is 0 Å². The van der Waals surface area contributed by atoms with Crippen molar-refractivity contribution in [3.8, 4) is 17.2 Å². The van der Waals surface area contributed by atoms with E-state index in [1.165, 1.54) is 5.56 Å². The molecule has 1 amide bonds. The van der Waals surface area contributed by atoms with Crippen molar-refractivity contribution in [1.82, 2.24) is 9.80 Å². The molecule has 3 aromatic rings. The molecule has 2 aliphatic heterocycles. The van der Waals surface area contributed by atoms with Crippen molar-refractivity contribution in [3.05, 3.63) is 83.9 Å². The van der Waals surface area contributed by atoms with Crippen LogP contribution in [0.1, 0.15) is 30.9 Å². The van der Waals surface area contributed by atoms with Gasteiger partial charge >= 0.3 is 6.09 Å². The second kappa shape index (κ2) is 14.3. The molecule has 0 N–H and O–H groups in total. The molecule has 0 saturated carbocycles. The van der Waals surface area contributed by atoms with Gasteiger partial charge in [0, 0.05) is 50.4 Å². The molecule has 2 fully saturated rings. The predicted octanol–water partition coefficient (Wildman–Crippen LogP) is 5.84. The van der Waals surface area contributed by atoms with E-state index in [1.54, 1.807) is 14.2 Å². The van der Waals surface area contributed by atoms with Crippen LogP contribution in [-0.4, -0.2) is 75.5 Å². The first-order chi connectivity index (χ1) is 20.5. The number of hydrogen-bond acceptors (Lipinski definition) is 7. The Morgan fingerprint density at radius 2 is 1.67 bits per heavy atom. The van der Waals surface area contributed by atoms with Crippen molar-refractivity contribution < 1.29 is 23.7 Å². The maximum Gasteiger partial charge on any atom is 0.409 e. The number of carbonyl (C=O) groups is 1. The van der Waals surface area contributed by atoms with Gasteiger partial charge in [-0.05, 0) is 73.8 Å². The molecule has 2 unspecified atom stereocenters. The highest BCUT2D eigenvalue weighted by Crippen LogP contribution is 2.30. The molecule has 8 heteroatoms. The molecule has 2 aliphatic rings. The first kappa shape index (κ1) is 29.6. The first-order valence-corrected chi connectivity index (χ1v) is 14.9. The molecule has 0 aliphatic carbocycles. The minimum absolute atomic E-state index is 0.205. The van der Waals surface area contributed by atoms with Crippen LogP contribution in [0.25, 0.3) is 0 Å². The highest BCUT2D eigenvalue weighted by molar-refractivity contribution is 5.68. The van der Waals surface area contributed by atoms with Crippen molar-refractivity contribution in [2.75, 3.05) is 58.5 Å². The van der Waals surface area contributed by atoms with Gasteiger partial charge in [0.2, 0.25) is 0 Å². The van der Waals surface area contributed by atoms with E-state index in [9.17, 15) is 4.79 Å². The lowest BCUT2D eigenvalue weighted by molar-refractivity contribution is 0.0599. The number of hydrogen-bond donors (Lipinski definition) is 0. The van der Waals surface area contributed by atoms with Gasteiger partial charge in [-0.1, -0.05) is 36.4 Å². The Labute approximate surface area is 249 Å². The van der Waals surface area contributed by atoms with E-state index in [2.05, 4.69) is 53.1 Å². The van der Waals surface area contributed by atoms with Crippen molar-refractivity contribution in [2.45, 2.75) is 39.0 Å². The second-order valence-electron chi connectivity index (χ2n) is 11.3. The molecule has 2 heterocycles. The number of methoxy groups -OCH3 is 2. The first-order valence-electron chi connectivity index (χ1n) is 14.9. The van der Waals surface area contributed by atoms with Crippen molar-refractivity contribution in [3.63, 3.8) is 0 Å². The third-order valence-electron chi connectivity index (χ3n) is 8.21. The van der Waals surface area contributed by atoms with Gasteiger partial charge in [-0.3, -0.25) is 4.90 Å². The van der Waals surface area contributed by atoms with Crippen LogP contribution in [0.4, 0.5) is 10.5 Å². The minimum Gasteiger partial charge on any atom is -0.497 e. The Balaban J connectivity index is 1.09. The zero-order valence-electron chi connectivity index (χ0n) is 25.0. The Kier molecular flexibility index (Phi) is 10.1. The third kappa shape index (κ3) is 7.68. The van der Waals surface area contributed by atoms with Crippen LogP contribution in [0.15, 0.2) is 72.8 Å². The standard InChI is InChI=1S/C34H43N3O5/c1-26-21-36(18-19-37(26)30-12-14-31(39-2)15-13-30)34(38)42-25-29-10-7-17-35(23-29)22-28-11-16-32(40-3)33(20-28)41-24-27-8-5-4-6-9-27/h4-6,8-9,11-16,20,26,29H,7,10,17-19,21-25H2,1-3H3. The lowest BCUT2D eigenvalue weighted by atomic mass is 9.98. The number of anilines is 1. The zero-order chi connectivity index (χ0) is 29.3.